The number of phenolic OH excluding ortho intramolecular Hbond substituents is 1. The number of aliphatic carboxylic acids is 1. The van der Waals surface area contributed by atoms with Crippen LogP contribution in [0.2, 0.25) is 0 Å². The van der Waals surface area contributed by atoms with Crippen molar-refractivity contribution >= 4 is 17.4 Å². The number of ketones is 1. The van der Waals surface area contributed by atoms with Crippen molar-refractivity contribution in [3.8, 4) is 11.5 Å². The van der Waals surface area contributed by atoms with Gasteiger partial charge in [0.15, 0.2) is 5.78 Å². The molecule has 3 aromatic carbocycles. The first-order valence-corrected chi connectivity index (χ1v) is 14.7. The van der Waals surface area contributed by atoms with Crippen LogP contribution in [0.4, 0.5) is 5.69 Å². The zero-order chi connectivity index (χ0) is 30.4. The fraction of sp³-hybridized carbons (Fsp3) is 0.429. The smallest absolute Gasteiger partial charge is 0.303 e. The number of rotatable bonds is 9. The van der Waals surface area contributed by atoms with Crippen LogP contribution >= 0.6 is 0 Å². The average molecular weight is 562 g/mol. The Morgan fingerprint density at radius 1 is 0.878 bits per heavy atom. The van der Waals surface area contributed by atoms with Gasteiger partial charge in [0.25, 0.3) is 0 Å². The number of carboxylic acid groups (broad SMARTS) is 1. The Hall–Kier alpha value is -3.80. The predicted octanol–water partition coefficient (Wildman–Crippen LogP) is 8.67. The maximum Gasteiger partial charge on any atom is 0.303 e. The molecule has 4 atom stereocenters. The van der Waals surface area contributed by atoms with E-state index in [0.29, 0.717) is 36.1 Å². The Balaban J connectivity index is 0.000000220. The topological polar surface area (TPSA) is 95.9 Å². The second-order valence-corrected chi connectivity index (χ2v) is 10.7. The van der Waals surface area contributed by atoms with E-state index in [-0.39, 0.29) is 24.2 Å². The van der Waals surface area contributed by atoms with Gasteiger partial charge in [-0.25, -0.2) is 0 Å². The molecule has 41 heavy (non-hydrogen) atoms. The molecule has 0 saturated carbocycles. The van der Waals surface area contributed by atoms with E-state index in [0.717, 1.165) is 24.3 Å². The molecule has 0 aliphatic carbocycles. The molecule has 0 aromatic heterocycles. The summed E-state index contributed by atoms with van der Waals surface area (Å²) in [6.07, 6.45) is 3.15. The third-order valence-electron chi connectivity index (χ3n) is 7.65. The van der Waals surface area contributed by atoms with Gasteiger partial charge in [-0.1, -0.05) is 71.0 Å². The van der Waals surface area contributed by atoms with Crippen LogP contribution in [0, 0.1) is 5.92 Å². The van der Waals surface area contributed by atoms with E-state index in [1.807, 2.05) is 50.2 Å². The SMILES string of the molecule is CC1Oc2ccccc2C(=O)C1C.CCC(C)c1ccc(NCCCC(=O)O)cc1.CCC(C)c1ccc(O)cc1. The zero-order valence-electron chi connectivity index (χ0n) is 25.4. The van der Waals surface area contributed by atoms with Crippen molar-refractivity contribution in [2.45, 2.75) is 85.2 Å². The average Bonchev–Trinajstić information content (AvgIpc) is 2.98. The van der Waals surface area contributed by atoms with Gasteiger partial charge in [0, 0.05) is 18.7 Å². The second-order valence-electron chi connectivity index (χ2n) is 10.7. The zero-order valence-corrected chi connectivity index (χ0v) is 25.4. The number of carbonyl (C=O) groups excluding carboxylic acids is 1. The number of Topliss-reactive ketones (excluding diaryl/α,β-unsaturated/α-hetero) is 1. The summed E-state index contributed by atoms with van der Waals surface area (Å²) < 4.78 is 5.59. The van der Waals surface area contributed by atoms with Gasteiger partial charge in [-0.05, 0) is 85.5 Å². The number of aromatic hydroxyl groups is 1. The van der Waals surface area contributed by atoms with E-state index in [2.05, 4.69) is 57.3 Å². The molecule has 1 heterocycles. The summed E-state index contributed by atoms with van der Waals surface area (Å²) in [4.78, 5) is 22.1. The lowest BCUT2D eigenvalue weighted by atomic mass is 9.92. The molecule has 4 rings (SSSR count). The number of anilines is 1. The van der Waals surface area contributed by atoms with Crippen LogP contribution < -0.4 is 10.1 Å². The van der Waals surface area contributed by atoms with Crippen LogP contribution in [-0.2, 0) is 4.79 Å². The molecule has 0 radical (unpaired) electrons. The first-order valence-electron chi connectivity index (χ1n) is 14.7. The van der Waals surface area contributed by atoms with Crippen molar-refractivity contribution in [3.63, 3.8) is 0 Å². The lowest BCUT2D eigenvalue weighted by molar-refractivity contribution is -0.137. The molecule has 222 valence electrons. The number of benzene rings is 3. The lowest BCUT2D eigenvalue weighted by Crippen LogP contribution is -2.33. The van der Waals surface area contributed by atoms with Crippen molar-refractivity contribution in [1.82, 2.24) is 0 Å². The Morgan fingerprint density at radius 3 is 1.95 bits per heavy atom. The Labute approximate surface area is 245 Å². The van der Waals surface area contributed by atoms with Gasteiger partial charge in [0.2, 0.25) is 0 Å². The third-order valence-corrected chi connectivity index (χ3v) is 7.65. The van der Waals surface area contributed by atoms with Gasteiger partial charge in [-0.15, -0.1) is 0 Å². The van der Waals surface area contributed by atoms with Crippen molar-refractivity contribution in [1.29, 1.82) is 0 Å². The Morgan fingerprint density at radius 2 is 1.41 bits per heavy atom. The van der Waals surface area contributed by atoms with Crippen LogP contribution in [-0.4, -0.2) is 34.6 Å². The number of carbonyl (C=O) groups is 2. The summed E-state index contributed by atoms with van der Waals surface area (Å²) in [6, 6.07) is 23.2. The van der Waals surface area contributed by atoms with Crippen LogP contribution in [0.3, 0.4) is 0 Å². The minimum atomic E-state index is -0.737. The van der Waals surface area contributed by atoms with Crippen LogP contribution in [0.15, 0.2) is 72.8 Å². The maximum absolute atomic E-state index is 11.7. The highest BCUT2D eigenvalue weighted by Gasteiger charge is 2.30. The van der Waals surface area contributed by atoms with E-state index >= 15 is 0 Å². The molecule has 0 fully saturated rings. The van der Waals surface area contributed by atoms with Gasteiger partial charge in [-0.2, -0.15) is 0 Å². The normalized spacial score (nSPS) is 16.9. The summed E-state index contributed by atoms with van der Waals surface area (Å²) in [7, 11) is 0. The fourth-order valence-corrected chi connectivity index (χ4v) is 4.21. The molecule has 3 aromatic rings. The second kappa shape index (κ2) is 17.1. The van der Waals surface area contributed by atoms with Crippen LogP contribution in [0.1, 0.15) is 101 Å². The van der Waals surface area contributed by atoms with Crippen molar-refractivity contribution < 1.29 is 24.5 Å². The summed E-state index contributed by atoms with van der Waals surface area (Å²) in [5, 5.41) is 20.7. The van der Waals surface area contributed by atoms with Gasteiger partial charge in [-0.3, -0.25) is 9.59 Å². The highest BCUT2D eigenvalue weighted by molar-refractivity contribution is 6.01. The summed E-state index contributed by atoms with van der Waals surface area (Å²) >= 11 is 0. The molecule has 0 amide bonds. The molecule has 0 bridgehead atoms. The minimum Gasteiger partial charge on any atom is -0.508 e. The molecular formula is C35H47NO5. The van der Waals surface area contributed by atoms with E-state index in [9.17, 15) is 9.59 Å². The lowest BCUT2D eigenvalue weighted by Gasteiger charge is -2.27. The molecule has 0 spiro atoms. The molecule has 6 nitrogen and oxygen atoms in total. The molecular weight excluding hydrogens is 514 g/mol. The number of carboxylic acids is 1. The number of ether oxygens (including phenoxy) is 1. The molecule has 4 unspecified atom stereocenters. The van der Waals surface area contributed by atoms with E-state index in [4.69, 9.17) is 14.9 Å². The number of hydrogen-bond donors (Lipinski definition) is 3. The van der Waals surface area contributed by atoms with Gasteiger partial charge in [0.05, 0.1) is 11.5 Å². The summed E-state index contributed by atoms with van der Waals surface area (Å²) in [6.45, 7) is 13.3. The predicted molar refractivity (Wildman–Crippen MR) is 167 cm³/mol. The van der Waals surface area contributed by atoms with E-state index in [1.165, 1.54) is 11.1 Å². The maximum atomic E-state index is 11.7. The number of nitrogens with one attached hydrogen (secondary N) is 1. The Bertz CT molecular complexity index is 1210. The minimum absolute atomic E-state index is 0.0117. The van der Waals surface area contributed by atoms with Crippen LogP contribution in [0.5, 0.6) is 11.5 Å². The monoisotopic (exact) mass is 561 g/mol. The molecule has 3 N–H and O–H groups in total. The summed E-state index contributed by atoms with van der Waals surface area (Å²) in [5.41, 5.74) is 4.42. The molecule has 1 aliphatic heterocycles. The molecule has 0 saturated heterocycles. The largest absolute Gasteiger partial charge is 0.508 e. The molecule has 1 aliphatic rings. The van der Waals surface area contributed by atoms with Crippen molar-refractivity contribution in [2.75, 3.05) is 11.9 Å². The van der Waals surface area contributed by atoms with Gasteiger partial charge < -0.3 is 20.3 Å². The van der Waals surface area contributed by atoms with Crippen LogP contribution in [0.25, 0.3) is 0 Å². The fourth-order valence-electron chi connectivity index (χ4n) is 4.21. The quantitative estimate of drug-likeness (QED) is 0.226. The van der Waals surface area contributed by atoms with E-state index in [1.54, 1.807) is 12.1 Å². The number of para-hydroxylation sites is 1. The molecule has 6 heteroatoms. The number of fused-ring (bicyclic) bond motifs is 1. The first kappa shape index (κ1) is 33.4. The van der Waals surface area contributed by atoms with Gasteiger partial charge in [0.1, 0.15) is 17.6 Å². The van der Waals surface area contributed by atoms with Gasteiger partial charge >= 0.3 is 5.97 Å². The third kappa shape index (κ3) is 10.9. The van der Waals surface area contributed by atoms with E-state index < -0.39 is 5.97 Å². The number of phenols is 1. The highest BCUT2D eigenvalue weighted by atomic mass is 16.5. The van der Waals surface area contributed by atoms with Crippen molar-refractivity contribution in [2.24, 2.45) is 5.92 Å². The van der Waals surface area contributed by atoms with Crippen molar-refractivity contribution in [3.05, 3.63) is 89.5 Å². The first-order chi connectivity index (χ1) is 19.6. The Kier molecular flexibility index (Phi) is 13.9. The highest BCUT2D eigenvalue weighted by Crippen LogP contribution is 2.30. The standard InChI is InChI=1S/C14H21NO2.C11H12O2.C10H14O/c1-3-11(2)12-6-8-13(9-7-12)15-10-4-5-14(16)17;1-7-8(2)13-10-6-4-3-5-9(10)11(7)12;1-3-8(2)9-4-6-10(11)7-5-9/h6-9,11,15H,3-5,10H2,1-2H3,(H,16,17);3-8H,1-2H3;4-8,11H,3H2,1-2H3. The number of hydrogen-bond acceptors (Lipinski definition) is 5. The summed E-state index contributed by atoms with van der Waals surface area (Å²) in [5.74, 6) is 1.67.